The number of likely N-dealkylation sites (N-methyl/N-ethyl adjacent to an activating group) is 1. The van der Waals surface area contributed by atoms with Crippen molar-refractivity contribution in [3.05, 3.63) is 28.2 Å². The van der Waals surface area contributed by atoms with Crippen LogP contribution in [0.2, 0.25) is 10.0 Å². The maximum absolute atomic E-state index is 11.1. The molecule has 0 aliphatic heterocycles. The first kappa shape index (κ1) is 14.6. The topological polar surface area (TPSA) is 55.1 Å². The van der Waals surface area contributed by atoms with Crippen LogP contribution in [0.1, 0.15) is 6.92 Å². The van der Waals surface area contributed by atoms with Crippen molar-refractivity contribution in [3.8, 4) is 0 Å². The molecule has 0 fully saturated rings. The number of thioether (sulfide) groups is 1. The smallest absolute Gasteiger partial charge is 0.235 e. The van der Waals surface area contributed by atoms with E-state index >= 15 is 0 Å². The highest BCUT2D eigenvalue weighted by Gasteiger charge is 2.14. The van der Waals surface area contributed by atoms with E-state index in [9.17, 15) is 4.79 Å². The van der Waals surface area contributed by atoms with Crippen LogP contribution < -0.4 is 11.1 Å². The molecule has 1 aromatic carbocycles. The number of hydrogen-bond acceptors (Lipinski definition) is 3. The largest absolute Gasteiger partial charge is 0.368 e. The van der Waals surface area contributed by atoms with Gasteiger partial charge in [-0.05, 0) is 24.7 Å². The van der Waals surface area contributed by atoms with Crippen LogP contribution in [0.4, 0.5) is 0 Å². The van der Waals surface area contributed by atoms with E-state index in [0.717, 1.165) is 4.90 Å². The SMILES string of the molecule is CCNC(CSc1cc(Cl)ccc1Cl)C(N)=O. The number of nitrogens with one attached hydrogen (secondary N) is 1. The predicted octanol–water partition coefficient (Wildman–Crippen LogP) is 2.55. The molecular formula is C11H14Cl2N2OS. The molecular weight excluding hydrogens is 279 g/mol. The fourth-order valence-electron chi connectivity index (χ4n) is 1.25. The Hall–Kier alpha value is -0.420. The van der Waals surface area contributed by atoms with Gasteiger partial charge in [0, 0.05) is 15.7 Å². The Morgan fingerprint density at radius 3 is 2.82 bits per heavy atom. The van der Waals surface area contributed by atoms with Crippen LogP contribution in [0.25, 0.3) is 0 Å². The summed E-state index contributed by atoms with van der Waals surface area (Å²) in [4.78, 5) is 12.0. The summed E-state index contributed by atoms with van der Waals surface area (Å²) >= 11 is 13.4. The van der Waals surface area contributed by atoms with E-state index in [0.29, 0.717) is 22.3 Å². The first-order valence-corrected chi connectivity index (χ1v) is 6.89. The summed E-state index contributed by atoms with van der Waals surface area (Å²) in [6.45, 7) is 2.62. The Morgan fingerprint density at radius 1 is 1.53 bits per heavy atom. The lowest BCUT2D eigenvalue weighted by Crippen LogP contribution is -2.42. The summed E-state index contributed by atoms with van der Waals surface area (Å²) in [6.07, 6.45) is 0. The van der Waals surface area contributed by atoms with Gasteiger partial charge in [0.25, 0.3) is 0 Å². The van der Waals surface area contributed by atoms with Crippen molar-refractivity contribution < 1.29 is 4.79 Å². The van der Waals surface area contributed by atoms with Crippen molar-refractivity contribution in [3.63, 3.8) is 0 Å². The highest BCUT2D eigenvalue weighted by atomic mass is 35.5. The second-order valence-electron chi connectivity index (χ2n) is 3.40. The molecule has 0 aliphatic carbocycles. The van der Waals surface area contributed by atoms with Gasteiger partial charge >= 0.3 is 0 Å². The molecule has 0 aliphatic rings. The van der Waals surface area contributed by atoms with Crippen LogP contribution in [0.3, 0.4) is 0 Å². The molecule has 0 spiro atoms. The van der Waals surface area contributed by atoms with E-state index in [2.05, 4.69) is 5.32 Å². The van der Waals surface area contributed by atoms with Gasteiger partial charge in [0.05, 0.1) is 11.1 Å². The molecule has 6 heteroatoms. The third-order valence-electron chi connectivity index (χ3n) is 2.09. The first-order chi connectivity index (χ1) is 8.04. The maximum atomic E-state index is 11.1. The minimum absolute atomic E-state index is 0.361. The molecule has 1 amide bonds. The third kappa shape index (κ3) is 4.76. The second-order valence-corrected chi connectivity index (χ2v) is 5.30. The van der Waals surface area contributed by atoms with Crippen molar-refractivity contribution in [1.29, 1.82) is 0 Å². The van der Waals surface area contributed by atoms with Gasteiger partial charge in [-0.2, -0.15) is 0 Å². The van der Waals surface area contributed by atoms with Crippen molar-refractivity contribution >= 4 is 40.9 Å². The van der Waals surface area contributed by atoms with Crippen molar-refractivity contribution in [2.45, 2.75) is 17.9 Å². The summed E-state index contributed by atoms with van der Waals surface area (Å²) in [6, 6.07) is 4.88. The van der Waals surface area contributed by atoms with E-state index in [1.807, 2.05) is 6.92 Å². The molecule has 1 rings (SSSR count). The predicted molar refractivity (Wildman–Crippen MR) is 73.8 cm³/mol. The van der Waals surface area contributed by atoms with E-state index < -0.39 is 0 Å². The molecule has 94 valence electrons. The van der Waals surface area contributed by atoms with Crippen LogP contribution in [-0.2, 0) is 4.79 Å². The van der Waals surface area contributed by atoms with E-state index in [1.54, 1.807) is 18.2 Å². The molecule has 0 aromatic heterocycles. The second kappa shape index (κ2) is 7.11. The summed E-state index contributed by atoms with van der Waals surface area (Å²) < 4.78 is 0. The quantitative estimate of drug-likeness (QED) is 0.793. The summed E-state index contributed by atoms with van der Waals surface area (Å²) in [5, 5.41) is 4.26. The number of benzene rings is 1. The number of halogens is 2. The van der Waals surface area contributed by atoms with E-state index in [4.69, 9.17) is 28.9 Å². The lowest BCUT2D eigenvalue weighted by atomic mass is 10.3. The van der Waals surface area contributed by atoms with Gasteiger partial charge in [-0.15, -0.1) is 11.8 Å². The molecule has 0 heterocycles. The molecule has 0 saturated carbocycles. The molecule has 1 atom stereocenters. The Labute approximate surface area is 115 Å². The number of amides is 1. The number of carbonyl (C=O) groups excluding carboxylic acids is 1. The molecule has 3 N–H and O–H groups in total. The molecule has 1 unspecified atom stereocenters. The maximum Gasteiger partial charge on any atom is 0.235 e. The van der Waals surface area contributed by atoms with Gasteiger partial charge in [-0.3, -0.25) is 4.79 Å². The molecule has 0 bridgehead atoms. The van der Waals surface area contributed by atoms with Gasteiger partial charge in [0.15, 0.2) is 0 Å². The monoisotopic (exact) mass is 292 g/mol. The van der Waals surface area contributed by atoms with Crippen LogP contribution in [0, 0.1) is 0 Å². The number of carbonyl (C=O) groups is 1. The molecule has 0 radical (unpaired) electrons. The van der Waals surface area contributed by atoms with Crippen molar-refractivity contribution in [2.24, 2.45) is 5.73 Å². The normalized spacial score (nSPS) is 12.4. The molecule has 3 nitrogen and oxygen atoms in total. The zero-order valence-electron chi connectivity index (χ0n) is 9.37. The van der Waals surface area contributed by atoms with Crippen molar-refractivity contribution in [1.82, 2.24) is 5.32 Å². The van der Waals surface area contributed by atoms with Crippen LogP contribution in [-0.4, -0.2) is 24.2 Å². The lowest BCUT2D eigenvalue weighted by molar-refractivity contribution is -0.119. The average molecular weight is 293 g/mol. The number of nitrogens with two attached hydrogens (primary N) is 1. The summed E-state index contributed by atoms with van der Waals surface area (Å²) in [7, 11) is 0. The van der Waals surface area contributed by atoms with Crippen LogP contribution in [0.15, 0.2) is 23.1 Å². The Kier molecular flexibility index (Phi) is 6.12. The summed E-state index contributed by atoms with van der Waals surface area (Å²) in [5.41, 5.74) is 5.28. The Balaban J connectivity index is 2.64. The van der Waals surface area contributed by atoms with Crippen LogP contribution in [0.5, 0.6) is 0 Å². The van der Waals surface area contributed by atoms with E-state index in [-0.39, 0.29) is 11.9 Å². The third-order valence-corrected chi connectivity index (χ3v) is 3.92. The molecule has 1 aromatic rings. The minimum atomic E-state index is -0.363. The van der Waals surface area contributed by atoms with Gasteiger partial charge in [0.1, 0.15) is 0 Å². The molecule has 17 heavy (non-hydrogen) atoms. The van der Waals surface area contributed by atoms with Gasteiger partial charge in [0.2, 0.25) is 5.91 Å². The fourth-order valence-corrected chi connectivity index (χ4v) is 2.81. The first-order valence-electron chi connectivity index (χ1n) is 5.15. The number of rotatable bonds is 6. The van der Waals surface area contributed by atoms with E-state index in [1.165, 1.54) is 11.8 Å². The Morgan fingerprint density at radius 2 is 2.24 bits per heavy atom. The van der Waals surface area contributed by atoms with Gasteiger partial charge < -0.3 is 11.1 Å². The average Bonchev–Trinajstić information content (AvgIpc) is 2.28. The molecule has 0 saturated heterocycles. The summed E-state index contributed by atoms with van der Waals surface area (Å²) in [5.74, 6) is 0.168. The van der Waals surface area contributed by atoms with Gasteiger partial charge in [-0.1, -0.05) is 30.1 Å². The highest BCUT2D eigenvalue weighted by molar-refractivity contribution is 7.99. The fraction of sp³-hybridized carbons (Fsp3) is 0.364. The van der Waals surface area contributed by atoms with Gasteiger partial charge in [-0.25, -0.2) is 0 Å². The number of primary amides is 1. The standard InChI is InChI=1S/C11H14Cl2N2OS/c1-2-15-9(11(14)16)6-17-10-5-7(12)3-4-8(10)13/h3-5,9,15H,2,6H2,1H3,(H2,14,16). The zero-order valence-corrected chi connectivity index (χ0v) is 11.7. The number of hydrogen-bond donors (Lipinski definition) is 2. The Bertz CT molecular complexity index is 401. The minimum Gasteiger partial charge on any atom is -0.368 e. The van der Waals surface area contributed by atoms with Crippen molar-refractivity contribution in [2.75, 3.05) is 12.3 Å². The lowest BCUT2D eigenvalue weighted by Gasteiger charge is -2.14. The van der Waals surface area contributed by atoms with Crippen LogP contribution >= 0.6 is 35.0 Å². The zero-order chi connectivity index (χ0) is 12.8. The highest BCUT2D eigenvalue weighted by Crippen LogP contribution is 2.30.